The van der Waals surface area contributed by atoms with Crippen molar-refractivity contribution in [1.82, 2.24) is 9.97 Å². The van der Waals surface area contributed by atoms with Crippen LogP contribution in [0, 0.1) is 0 Å². The Kier molecular flexibility index (Phi) is 2.50. The van der Waals surface area contributed by atoms with Gasteiger partial charge in [-0.1, -0.05) is 31.4 Å². The van der Waals surface area contributed by atoms with Crippen LogP contribution in [0.3, 0.4) is 0 Å². The Hall–Kier alpha value is -2.09. The standard InChI is InChI=1S/C13H12N2/c1-3-5-6-12-10(4-2)11-9-14-8-7-13(11)15-12/h3-9,15H,1-2H2/b6-5-. The number of hydrogen-bond acceptors (Lipinski definition) is 1. The molecular formula is C13H12N2. The average Bonchev–Trinajstić information content (AvgIpc) is 2.63. The number of allylic oxidation sites excluding steroid dienone is 2. The Balaban J connectivity index is 2.68. The van der Waals surface area contributed by atoms with Crippen molar-refractivity contribution in [1.29, 1.82) is 0 Å². The predicted octanol–water partition coefficient (Wildman–Crippen LogP) is 3.41. The zero-order chi connectivity index (χ0) is 10.7. The van der Waals surface area contributed by atoms with Gasteiger partial charge in [0.05, 0.1) is 0 Å². The second-order valence-electron chi connectivity index (χ2n) is 3.17. The van der Waals surface area contributed by atoms with Crippen molar-refractivity contribution in [2.45, 2.75) is 0 Å². The second kappa shape index (κ2) is 3.96. The smallest absolute Gasteiger partial charge is 0.0495 e. The molecule has 0 bridgehead atoms. The molecule has 0 aromatic carbocycles. The number of H-pyrrole nitrogens is 1. The number of fused-ring (bicyclic) bond motifs is 1. The summed E-state index contributed by atoms with van der Waals surface area (Å²) in [7, 11) is 0. The molecule has 2 nitrogen and oxygen atoms in total. The van der Waals surface area contributed by atoms with E-state index in [2.05, 4.69) is 23.1 Å². The third kappa shape index (κ3) is 1.62. The largest absolute Gasteiger partial charge is 0.354 e. The van der Waals surface area contributed by atoms with Crippen molar-refractivity contribution in [3.63, 3.8) is 0 Å². The average molecular weight is 196 g/mol. The van der Waals surface area contributed by atoms with Crippen LogP contribution in [-0.2, 0) is 0 Å². The summed E-state index contributed by atoms with van der Waals surface area (Å²) in [5, 5.41) is 1.09. The molecule has 0 aliphatic heterocycles. The number of pyridine rings is 1. The van der Waals surface area contributed by atoms with Crippen LogP contribution < -0.4 is 0 Å². The summed E-state index contributed by atoms with van der Waals surface area (Å²) in [6.45, 7) is 7.46. The highest BCUT2D eigenvalue weighted by Crippen LogP contribution is 2.23. The molecule has 0 spiro atoms. The summed E-state index contributed by atoms with van der Waals surface area (Å²) < 4.78 is 0. The third-order valence-corrected chi connectivity index (χ3v) is 2.27. The molecule has 0 aliphatic rings. The van der Waals surface area contributed by atoms with Crippen molar-refractivity contribution in [2.24, 2.45) is 0 Å². The highest BCUT2D eigenvalue weighted by molar-refractivity contribution is 5.92. The minimum atomic E-state index is 1.04. The Labute approximate surface area is 88.7 Å². The van der Waals surface area contributed by atoms with Gasteiger partial charge in [0.25, 0.3) is 0 Å². The summed E-state index contributed by atoms with van der Waals surface area (Å²) in [5.74, 6) is 0. The lowest BCUT2D eigenvalue weighted by Gasteiger charge is -1.91. The van der Waals surface area contributed by atoms with E-state index in [-0.39, 0.29) is 0 Å². The molecule has 0 saturated heterocycles. The van der Waals surface area contributed by atoms with Gasteiger partial charge < -0.3 is 4.98 Å². The molecule has 0 atom stereocenters. The summed E-state index contributed by atoms with van der Waals surface area (Å²) in [6, 6.07) is 1.95. The number of aromatic nitrogens is 2. The number of rotatable bonds is 3. The van der Waals surface area contributed by atoms with Gasteiger partial charge in [0, 0.05) is 34.6 Å². The van der Waals surface area contributed by atoms with E-state index in [9.17, 15) is 0 Å². The molecule has 74 valence electrons. The Morgan fingerprint density at radius 2 is 2.20 bits per heavy atom. The van der Waals surface area contributed by atoms with Gasteiger partial charge in [-0.2, -0.15) is 0 Å². The van der Waals surface area contributed by atoms with Crippen molar-refractivity contribution in [3.05, 3.63) is 55.0 Å². The number of hydrogen-bond donors (Lipinski definition) is 1. The fourth-order valence-corrected chi connectivity index (χ4v) is 1.59. The van der Waals surface area contributed by atoms with Gasteiger partial charge in [-0.15, -0.1) is 0 Å². The molecule has 1 N–H and O–H groups in total. The zero-order valence-electron chi connectivity index (χ0n) is 8.40. The first kappa shape index (κ1) is 9.46. The lowest BCUT2D eigenvalue weighted by molar-refractivity contribution is 1.35. The number of aromatic amines is 1. The van der Waals surface area contributed by atoms with Gasteiger partial charge in [0.1, 0.15) is 0 Å². The fourth-order valence-electron chi connectivity index (χ4n) is 1.59. The van der Waals surface area contributed by atoms with Crippen LogP contribution in [0.4, 0.5) is 0 Å². The highest BCUT2D eigenvalue weighted by atomic mass is 14.7. The van der Waals surface area contributed by atoms with E-state index in [1.54, 1.807) is 12.3 Å². The molecule has 0 aliphatic carbocycles. The molecule has 2 rings (SSSR count). The Bertz CT molecular complexity index is 532. The molecule has 0 unspecified atom stereocenters. The molecule has 0 radical (unpaired) electrons. The van der Waals surface area contributed by atoms with Crippen molar-refractivity contribution >= 4 is 23.1 Å². The highest BCUT2D eigenvalue weighted by Gasteiger charge is 2.05. The lowest BCUT2D eigenvalue weighted by atomic mass is 10.1. The zero-order valence-corrected chi connectivity index (χ0v) is 8.40. The van der Waals surface area contributed by atoms with E-state index < -0.39 is 0 Å². The molecule has 0 saturated carbocycles. The second-order valence-corrected chi connectivity index (χ2v) is 3.17. The van der Waals surface area contributed by atoms with Crippen LogP contribution in [-0.4, -0.2) is 9.97 Å². The van der Waals surface area contributed by atoms with Crippen LogP contribution in [0.25, 0.3) is 23.1 Å². The maximum atomic E-state index is 4.10. The van der Waals surface area contributed by atoms with Crippen LogP contribution in [0.1, 0.15) is 11.3 Å². The van der Waals surface area contributed by atoms with Crippen LogP contribution in [0.2, 0.25) is 0 Å². The van der Waals surface area contributed by atoms with E-state index in [4.69, 9.17) is 0 Å². The van der Waals surface area contributed by atoms with Crippen molar-refractivity contribution in [2.75, 3.05) is 0 Å². The van der Waals surface area contributed by atoms with Gasteiger partial charge >= 0.3 is 0 Å². The van der Waals surface area contributed by atoms with E-state index in [0.29, 0.717) is 0 Å². The predicted molar refractivity (Wildman–Crippen MR) is 65.4 cm³/mol. The van der Waals surface area contributed by atoms with Gasteiger partial charge in [0.15, 0.2) is 0 Å². The van der Waals surface area contributed by atoms with Crippen molar-refractivity contribution < 1.29 is 0 Å². The lowest BCUT2D eigenvalue weighted by Crippen LogP contribution is -1.74. The Morgan fingerprint density at radius 1 is 1.33 bits per heavy atom. The molecular weight excluding hydrogens is 184 g/mol. The quantitative estimate of drug-likeness (QED) is 0.749. The van der Waals surface area contributed by atoms with Gasteiger partial charge in [-0.3, -0.25) is 4.98 Å². The topological polar surface area (TPSA) is 28.7 Å². The van der Waals surface area contributed by atoms with Crippen molar-refractivity contribution in [3.8, 4) is 0 Å². The maximum Gasteiger partial charge on any atom is 0.0495 e. The normalized spacial score (nSPS) is 10.9. The van der Waals surface area contributed by atoms with Crippen LogP contribution in [0.15, 0.2) is 43.8 Å². The minimum Gasteiger partial charge on any atom is -0.354 e. The molecule has 2 aromatic rings. The fraction of sp³-hybridized carbons (Fsp3) is 0. The number of nitrogens with one attached hydrogen (secondary N) is 1. The summed E-state index contributed by atoms with van der Waals surface area (Å²) in [5.41, 5.74) is 3.19. The van der Waals surface area contributed by atoms with Crippen LogP contribution >= 0.6 is 0 Å². The summed E-state index contributed by atoms with van der Waals surface area (Å²) in [4.78, 5) is 7.41. The molecule has 2 heterocycles. The van der Waals surface area contributed by atoms with Gasteiger partial charge in [-0.25, -0.2) is 0 Å². The maximum absolute atomic E-state index is 4.10. The molecule has 0 amide bonds. The van der Waals surface area contributed by atoms with E-state index in [0.717, 1.165) is 22.2 Å². The first-order chi connectivity index (χ1) is 7.36. The molecule has 0 fully saturated rings. The first-order valence-corrected chi connectivity index (χ1v) is 4.74. The minimum absolute atomic E-state index is 1.04. The van der Waals surface area contributed by atoms with E-state index in [1.807, 2.05) is 30.5 Å². The number of nitrogens with zero attached hydrogens (tertiary/aromatic N) is 1. The van der Waals surface area contributed by atoms with Gasteiger partial charge in [0.2, 0.25) is 0 Å². The van der Waals surface area contributed by atoms with E-state index >= 15 is 0 Å². The Morgan fingerprint density at radius 3 is 2.93 bits per heavy atom. The summed E-state index contributed by atoms with van der Waals surface area (Å²) in [6.07, 6.45) is 11.1. The van der Waals surface area contributed by atoms with E-state index in [1.165, 1.54) is 0 Å². The summed E-state index contributed by atoms with van der Waals surface area (Å²) >= 11 is 0. The van der Waals surface area contributed by atoms with Crippen LogP contribution in [0.5, 0.6) is 0 Å². The monoisotopic (exact) mass is 196 g/mol. The molecule has 2 aromatic heterocycles. The third-order valence-electron chi connectivity index (χ3n) is 2.27. The first-order valence-electron chi connectivity index (χ1n) is 4.74. The SMILES string of the molecule is C=C/C=C\c1[nH]c2ccncc2c1C=C. The molecule has 15 heavy (non-hydrogen) atoms. The van der Waals surface area contributed by atoms with Gasteiger partial charge in [-0.05, 0) is 12.1 Å². The molecule has 2 heteroatoms.